The smallest absolute Gasteiger partial charge is 0.294 e. The van der Waals surface area contributed by atoms with Gasteiger partial charge in [-0.25, -0.2) is 0 Å². The first-order chi connectivity index (χ1) is 58.5. The van der Waals surface area contributed by atoms with Crippen LogP contribution in [0.1, 0.15) is 138 Å². The third-order valence-corrected chi connectivity index (χ3v) is 21.7. The number of terminal acetylenes is 2. The molecule has 13 aromatic rings. The highest BCUT2D eigenvalue weighted by atomic mass is 32.2. The predicted molar refractivity (Wildman–Crippen MR) is 522 cm³/mol. The molecule has 13 aromatic carbocycles. The van der Waals surface area contributed by atoms with Gasteiger partial charge in [-0.15, -0.1) is 0 Å². The second-order valence-corrected chi connectivity index (χ2v) is 33.0. The van der Waals surface area contributed by atoms with Crippen LogP contribution in [0.2, 0.25) is 0 Å². The van der Waals surface area contributed by atoms with E-state index in [9.17, 15) is 16.8 Å². The van der Waals surface area contributed by atoms with Crippen molar-refractivity contribution in [2.45, 2.75) is 176 Å². The molecule has 0 atom stereocenters. The topological polar surface area (TPSA) is 255 Å². The Morgan fingerprint density at radius 2 is 0.468 bits per heavy atom. The molecule has 0 heterocycles. The molecule has 0 fully saturated rings. The van der Waals surface area contributed by atoms with Crippen LogP contribution in [0.5, 0.6) is 51.7 Å². The lowest BCUT2D eigenvalue weighted by atomic mass is 10.0. The summed E-state index contributed by atoms with van der Waals surface area (Å²) < 4.78 is 109. The molecule has 0 radical (unpaired) electrons. The SMILES string of the molecule is C#COc1cc(C)c(OC#C)cc1C.CCOc1cc(C)c(OCC)cc1C.CCOc1cc(C)ccc1C.COc1cc(C)c(C)cc1C.COc1cc(C)c(OC)cc1C.COc1cc(C)ccc1C.Cc1ccc(C)c2cc(S(=O)(=O)O)ccc12.Cc1ccc(C)c2cc(S(=O)(=O)O)ccc12.Cc1ccc(C)c2ccccc12.Cc1ccc(C)cc1.O.O. The minimum atomic E-state index is -4.12. The molecule has 0 spiro atoms. The summed E-state index contributed by atoms with van der Waals surface area (Å²) in [5.41, 5.74) is 24.4. The number of methoxy groups -OCH3 is 4. The predicted octanol–water partition coefficient (Wildman–Crippen LogP) is 24.8. The summed E-state index contributed by atoms with van der Waals surface area (Å²) in [6, 6.07) is 66.8. The fourth-order valence-electron chi connectivity index (χ4n) is 12.6. The van der Waals surface area contributed by atoms with Crippen LogP contribution in [-0.2, 0) is 20.2 Å². The number of hydrogen-bond donors (Lipinski definition) is 2. The summed E-state index contributed by atoms with van der Waals surface area (Å²) in [6.07, 6.45) is 14.3. The van der Waals surface area contributed by atoms with Crippen molar-refractivity contribution in [1.82, 2.24) is 0 Å². The Morgan fingerprint density at radius 1 is 0.246 bits per heavy atom. The molecule has 0 aliphatic carbocycles. The van der Waals surface area contributed by atoms with Crippen molar-refractivity contribution >= 4 is 52.6 Å². The van der Waals surface area contributed by atoms with Crippen LogP contribution in [0.25, 0.3) is 32.3 Å². The first kappa shape index (κ1) is 110. The zero-order valence-corrected chi connectivity index (χ0v) is 80.6. The fraction of sp³-hybridized carbons (Fsp3) is 0.290. The highest BCUT2D eigenvalue weighted by Gasteiger charge is 2.15. The Balaban J connectivity index is 0.000000476. The zero-order chi connectivity index (χ0) is 92.9. The fourth-order valence-corrected chi connectivity index (χ4v) is 13.6. The first-order valence-electron chi connectivity index (χ1n) is 40.8. The quantitative estimate of drug-likeness (QED) is 0.0758. The van der Waals surface area contributed by atoms with E-state index in [0.29, 0.717) is 24.7 Å². The van der Waals surface area contributed by atoms with Gasteiger partial charge in [0.1, 0.15) is 64.0 Å². The molecule has 0 aliphatic heterocycles. The van der Waals surface area contributed by atoms with E-state index in [4.69, 9.17) is 64.6 Å². The van der Waals surface area contributed by atoms with Gasteiger partial charge in [-0.05, 0) is 383 Å². The van der Waals surface area contributed by atoms with Crippen LogP contribution in [-0.4, -0.2) is 85.2 Å². The molecular weight excluding hydrogens is 1620 g/mol. The summed E-state index contributed by atoms with van der Waals surface area (Å²) in [5.74, 6) is 7.98. The Kier molecular flexibility index (Phi) is 46.9. The van der Waals surface area contributed by atoms with Gasteiger partial charge >= 0.3 is 0 Å². The van der Waals surface area contributed by atoms with Gasteiger partial charge in [0, 0.05) is 0 Å². The molecule has 0 bridgehead atoms. The van der Waals surface area contributed by atoms with Crippen LogP contribution in [0.4, 0.5) is 0 Å². The zero-order valence-electron chi connectivity index (χ0n) is 78.9. The van der Waals surface area contributed by atoms with Gasteiger partial charge in [0.2, 0.25) is 0 Å². The van der Waals surface area contributed by atoms with Crippen LogP contribution >= 0.6 is 0 Å². The van der Waals surface area contributed by atoms with E-state index in [2.05, 4.69) is 185 Å². The maximum Gasteiger partial charge on any atom is 0.294 e. The standard InChI is InChI=1S/2C12H12O3S.C12H18O2.C12H10O2.C12H12.C10H14O2.2C10H14O.C9H12O.C8H10.2H2O/c2*1-8-3-4-9(2)12-7-10(16(13,14)15)5-6-11(8)12;2*1-5-13-11-7-10(4)12(14-6-2)8-9(11)3;1-9-7-8-10(2)12-6-4-3-5-11(9)12;1-7-5-10(12-4)8(2)6-9(7)11-3;1-7-5-9(3)10(11-4)6-8(7)2;1-4-11-10-7-8(2)5-6-9(10)3;1-7-4-5-8(2)9(6-7)10-3;1-7-3-5-8(2)6-4-7;;/h2*3-7H,1-2H3,(H,13,14,15);7-8H,5-6H2,1-4H3;1-2,7-8H,3-4H3;3-8H,1-2H3;5-6H,1-4H3;5-6H,1-4H3;5-7H,4H2,1-3H3;4-6H,1-3H3;3-6H,1-2H3;2*1H2. The van der Waals surface area contributed by atoms with Crippen LogP contribution < -0.4 is 42.6 Å². The second-order valence-electron chi connectivity index (χ2n) is 30.1. The maximum atomic E-state index is 11.0. The van der Waals surface area contributed by atoms with E-state index < -0.39 is 20.2 Å². The number of aryl methyl sites for hydroxylation is 21. The van der Waals surface area contributed by atoms with E-state index in [0.717, 1.165) is 124 Å². The molecule has 126 heavy (non-hydrogen) atoms. The average molecular weight is 1750 g/mol. The highest BCUT2D eigenvalue weighted by Crippen LogP contribution is 2.33. The van der Waals surface area contributed by atoms with Gasteiger partial charge < -0.3 is 53.6 Å². The third-order valence-electron chi connectivity index (χ3n) is 20.0. The van der Waals surface area contributed by atoms with E-state index in [1.807, 2.05) is 152 Å². The van der Waals surface area contributed by atoms with Crippen molar-refractivity contribution in [1.29, 1.82) is 0 Å². The van der Waals surface area contributed by atoms with Gasteiger partial charge in [0.05, 0.1) is 58.1 Å². The molecule has 6 N–H and O–H groups in total. The van der Waals surface area contributed by atoms with Gasteiger partial charge in [0.25, 0.3) is 20.2 Å². The van der Waals surface area contributed by atoms with E-state index in [1.165, 1.54) is 96.2 Å². The largest absolute Gasteiger partial charge is 0.496 e. The molecule has 0 aliphatic rings. The van der Waals surface area contributed by atoms with Crippen LogP contribution in [0, 0.1) is 170 Å². The van der Waals surface area contributed by atoms with Crippen molar-refractivity contribution in [3.05, 3.63) is 323 Å². The minimum Gasteiger partial charge on any atom is -0.496 e. The number of ether oxygens (including phenoxy) is 9. The lowest BCUT2D eigenvalue weighted by Crippen LogP contribution is -1.98. The van der Waals surface area contributed by atoms with Crippen molar-refractivity contribution in [2.24, 2.45) is 0 Å². The molecular formula is C107H132O17S2. The molecule has 13 rings (SSSR count). The van der Waals surface area contributed by atoms with E-state index in [1.54, 1.807) is 52.7 Å². The molecule has 0 unspecified atom stereocenters. The minimum absolute atomic E-state index is 0. The van der Waals surface area contributed by atoms with Gasteiger partial charge in [-0.3, -0.25) is 9.11 Å². The van der Waals surface area contributed by atoms with Crippen molar-refractivity contribution in [2.75, 3.05) is 48.3 Å². The molecule has 0 saturated carbocycles. The summed E-state index contributed by atoms with van der Waals surface area (Å²) in [4.78, 5) is -0.123. The summed E-state index contributed by atoms with van der Waals surface area (Å²) in [5, 5.41) is 6.47. The normalized spacial score (nSPS) is 10.1. The van der Waals surface area contributed by atoms with Crippen molar-refractivity contribution in [3.63, 3.8) is 0 Å². The Bertz CT molecular complexity index is 5730. The van der Waals surface area contributed by atoms with Crippen LogP contribution in [0.3, 0.4) is 0 Å². The summed E-state index contributed by atoms with van der Waals surface area (Å²) in [7, 11) is -1.50. The maximum absolute atomic E-state index is 11.0. The van der Waals surface area contributed by atoms with Gasteiger partial charge in [0.15, 0.2) is 0 Å². The molecule has 674 valence electrons. The van der Waals surface area contributed by atoms with Crippen LogP contribution in [0.15, 0.2) is 216 Å². The number of fused-ring (bicyclic) bond motifs is 3. The van der Waals surface area contributed by atoms with Gasteiger partial charge in [-0.2, -0.15) is 16.8 Å². The second kappa shape index (κ2) is 53.8. The number of rotatable bonds is 14. The number of benzene rings is 13. The van der Waals surface area contributed by atoms with Gasteiger partial charge in [-0.1, -0.05) is 151 Å². The van der Waals surface area contributed by atoms with E-state index in [-0.39, 0.29) is 20.7 Å². The first-order valence-corrected chi connectivity index (χ1v) is 43.7. The molecule has 0 saturated heterocycles. The average Bonchev–Trinajstić information content (AvgIpc) is 0.790. The monoisotopic (exact) mass is 1750 g/mol. The molecule has 17 nitrogen and oxygen atoms in total. The summed E-state index contributed by atoms with van der Waals surface area (Å²) in [6.45, 7) is 50.7. The molecule has 19 heteroatoms. The Labute approximate surface area is 751 Å². The lowest BCUT2D eigenvalue weighted by Gasteiger charge is -2.12. The Morgan fingerprint density at radius 3 is 0.770 bits per heavy atom. The number of hydrogen-bond acceptors (Lipinski definition) is 13. The molecule has 0 aromatic heterocycles. The van der Waals surface area contributed by atoms with E-state index >= 15 is 0 Å². The highest BCUT2D eigenvalue weighted by molar-refractivity contribution is 7.86. The summed E-state index contributed by atoms with van der Waals surface area (Å²) >= 11 is 0. The van der Waals surface area contributed by atoms with Crippen molar-refractivity contribution in [3.8, 4) is 76.8 Å². The lowest BCUT2D eigenvalue weighted by molar-refractivity contribution is 0.327. The molecule has 0 amide bonds. The third kappa shape index (κ3) is 34.7. The Hall–Kier alpha value is -12.3. The van der Waals surface area contributed by atoms with Crippen molar-refractivity contribution < 1.29 is 79.5 Å².